The average Bonchev–Trinajstić information content (AvgIpc) is 3.27. The van der Waals surface area contributed by atoms with Gasteiger partial charge in [-0.15, -0.1) is 0 Å². The highest BCUT2D eigenvalue weighted by atomic mass is 32.2. The van der Waals surface area contributed by atoms with E-state index in [0.29, 0.717) is 63.8 Å². The molecule has 2 fully saturated rings. The van der Waals surface area contributed by atoms with Crippen molar-refractivity contribution >= 4 is 22.0 Å². The number of aryl methyl sites for hydroxylation is 2. The Balaban J connectivity index is 1.27. The normalized spacial score (nSPS) is 20.3. The number of hydrogen-bond donors (Lipinski definition) is 0. The molecule has 4 rings (SSSR count). The van der Waals surface area contributed by atoms with Crippen molar-refractivity contribution in [3.05, 3.63) is 29.3 Å². The maximum absolute atomic E-state index is 13.1. The molecule has 2 heterocycles. The number of benzene rings is 1. The molecule has 0 saturated carbocycles. The molecular weight excluding hydrogens is 430 g/mol. The largest absolute Gasteiger partial charge is 0.339 e. The molecule has 0 radical (unpaired) electrons. The molecule has 1 aromatic rings. The smallest absolute Gasteiger partial charge is 0.319 e. The van der Waals surface area contributed by atoms with Crippen LogP contribution in [0.4, 0.5) is 4.79 Å². The molecule has 0 unspecified atom stereocenters. The van der Waals surface area contributed by atoms with E-state index in [2.05, 4.69) is 4.90 Å². The van der Waals surface area contributed by atoms with Crippen LogP contribution in [0.5, 0.6) is 0 Å². The molecule has 3 aliphatic rings. The first-order valence-electron chi connectivity index (χ1n) is 11.3. The highest BCUT2D eigenvalue weighted by Crippen LogP contribution is 2.26. The van der Waals surface area contributed by atoms with Gasteiger partial charge in [0, 0.05) is 66.5 Å². The Hall–Kier alpha value is -2.17. The van der Waals surface area contributed by atoms with Crippen LogP contribution in [0.15, 0.2) is 23.1 Å². The standard InChI is InChI=1S/C22H33N5O4S/c1-23(2)22(29)26-10-8-24(9-11-26)17-21(28)25-12-14-27(15-13-25)32(30,31)20-7-6-18-4-3-5-19(18)16-20/h6-7,16H,3-5,8-15,17H2,1-2H3. The van der Waals surface area contributed by atoms with Crippen LogP contribution < -0.4 is 0 Å². The van der Waals surface area contributed by atoms with Crippen LogP contribution in [-0.2, 0) is 27.7 Å². The van der Waals surface area contributed by atoms with Crippen LogP contribution in [-0.4, -0.2) is 117 Å². The third kappa shape index (κ3) is 4.77. The summed E-state index contributed by atoms with van der Waals surface area (Å²) < 4.78 is 27.7. The minimum atomic E-state index is -3.54. The number of nitrogens with zero attached hydrogens (tertiary/aromatic N) is 5. The number of piperazine rings is 2. The first kappa shape index (κ1) is 23.0. The van der Waals surface area contributed by atoms with E-state index in [0.717, 1.165) is 24.8 Å². The molecule has 2 saturated heterocycles. The van der Waals surface area contributed by atoms with Crippen molar-refractivity contribution in [3.8, 4) is 0 Å². The molecule has 10 heteroatoms. The van der Waals surface area contributed by atoms with Crippen LogP contribution in [0.1, 0.15) is 17.5 Å². The Morgan fingerprint density at radius 3 is 2.16 bits per heavy atom. The van der Waals surface area contributed by atoms with Crippen molar-refractivity contribution in [2.45, 2.75) is 24.2 Å². The second-order valence-corrected chi connectivity index (χ2v) is 10.9. The summed E-state index contributed by atoms with van der Waals surface area (Å²) in [6.07, 6.45) is 3.05. The first-order valence-corrected chi connectivity index (χ1v) is 12.8. The van der Waals surface area contributed by atoms with E-state index < -0.39 is 10.0 Å². The lowest BCUT2D eigenvalue weighted by Crippen LogP contribution is -2.55. The molecule has 3 amide bonds. The lowest BCUT2D eigenvalue weighted by molar-refractivity contribution is -0.133. The summed E-state index contributed by atoms with van der Waals surface area (Å²) in [7, 11) is -0.0608. The molecule has 0 N–H and O–H groups in total. The fourth-order valence-corrected chi connectivity index (χ4v) is 6.18. The fraction of sp³-hybridized carbons (Fsp3) is 0.636. The summed E-state index contributed by atoms with van der Waals surface area (Å²) in [5.41, 5.74) is 2.40. The number of urea groups is 1. The van der Waals surface area contributed by atoms with E-state index in [1.807, 2.05) is 12.1 Å². The number of sulfonamides is 1. The van der Waals surface area contributed by atoms with Gasteiger partial charge in [0.05, 0.1) is 11.4 Å². The third-order valence-corrected chi connectivity index (χ3v) is 8.58. The highest BCUT2D eigenvalue weighted by Gasteiger charge is 2.32. The van der Waals surface area contributed by atoms with Gasteiger partial charge in [-0.2, -0.15) is 4.31 Å². The van der Waals surface area contributed by atoms with Crippen molar-refractivity contribution in [3.63, 3.8) is 0 Å². The summed E-state index contributed by atoms with van der Waals surface area (Å²) >= 11 is 0. The van der Waals surface area contributed by atoms with Gasteiger partial charge in [0.2, 0.25) is 15.9 Å². The molecule has 9 nitrogen and oxygen atoms in total. The molecule has 1 aliphatic carbocycles. The number of carbonyl (C=O) groups is 2. The quantitative estimate of drug-likeness (QED) is 0.642. The van der Waals surface area contributed by atoms with Gasteiger partial charge in [0.1, 0.15) is 0 Å². The fourth-order valence-electron chi connectivity index (χ4n) is 4.71. The number of rotatable bonds is 4. The predicted molar refractivity (Wildman–Crippen MR) is 121 cm³/mol. The molecule has 0 atom stereocenters. The van der Waals surface area contributed by atoms with Crippen LogP contribution in [0, 0.1) is 0 Å². The Labute approximate surface area is 190 Å². The van der Waals surface area contributed by atoms with E-state index in [1.165, 1.54) is 9.87 Å². The minimum Gasteiger partial charge on any atom is -0.339 e. The summed E-state index contributed by atoms with van der Waals surface area (Å²) in [4.78, 5) is 32.4. The molecule has 32 heavy (non-hydrogen) atoms. The van der Waals surface area contributed by atoms with E-state index >= 15 is 0 Å². The Morgan fingerprint density at radius 2 is 1.50 bits per heavy atom. The predicted octanol–water partition coefficient (Wildman–Crippen LogP) is 0.307. The Morgan fingerprint density at radius 1 is 0.875 bits per heavy atom. The van der Waals surface area contributed by atoms with E-state index in [-0.39, 0.29) is 11.9 Å². The van der Waals surface area contributed by atoms with Gasteiger partial charge in [-0.1, -0.05) is 6.07 Å². The first-order chi connectivity index (χ1) is 15.3. The maximum atomic E-state index is 13.1. The molecule has 2 aliphatic heterocycles. The summed E-state index contributed by atoms with van der Waals surface area (Å²) in [6.45, 7) is 4.29. The zero-order valence-electron chi connectivity index (χ0n) is 19.0. The number of carbonyl (C=O) groups excluding carboxylic acids is 2. The lowest BCUT2D eigenvalue weighted by atomic mass is 10.1. The zero-order chi connectivity index (χ0) is 22.9. The van der Waals surface area contributed by atoms with Crippen molar-refractivity contribution < 1.29 is 18.0 Å². The van der Waals surface area contributed by atoms with Crippen LogP contribution in [0.2, 0.25) is 0 Å². The van der Waals surface area contributed by atoms with E-state index in [9.17, 15) is 18.0 Å². The van der Waals surface area contributed by atoms with Gasteiger partial charge in [-0.3, -0.25) is 9.69 Å². The van der Waals surface area contributed by atoms with Crippen molar-refractivity contribution in [1.82, 2.24) is 23.9 Å². The number of amides is 3. The summed E-state index contributed by atoms with van der Waals surface area (Å²) in [5, 5.41) is 0. The molecule has 0 spiro atoms. The number of fused-ring (bicyclic) bond motifs is 1. The van der Waals surface area contributed by atoms with Crippen LogP contribution in [0.25, 0.3) is 0 Å². The Bertz CT molecular complexity index is 965. The highest BCUT2D eigenvalue weighted by molar-refractivity contribution is 7.89. The van der Waals surface area contributed by atoms with E-state index in [4.69, 9.17) is 0 Å². The van der Waals surface area contributed by atoms with Gasteiger partial charge >= 0.3 is 6.03 Å². The van der Waals surface area contributed by atoms with Crippen LogP contribution >= 0.6 is 0 Å². The molecule has 0 aromatic heterocycles. The molecule has 0 bridgehead atoms. The van der Waals surface area contributed by atoms with Gasteiger partial charge < -0.3 is 14.7 Å². The third-order valence-electron chi connectivity index (χ3n) is 6.68. The number of hydrogen-bond acceptors (Lipinski definition) is 5. The SMILES string of the molecule is CN(C)C(=O)N1CCN(CC(=O)N2CCN(S(=O)(=O)c3ccc4c(c3)CCC4)CC2)CC1. The molecule has 1 aromatic carbocycles. The zero-order valence-corrected chi connectivity index (χ0v) is 19.8. The van der Waals surface area contributed by atoms with Crippen molar-refractivity contribution in [1.29, 1.82) is 0 Å². The van der Waals surface area contributed by atoms with Gasteiger partial charge in [0.15, 0.2) is 0 Å². The summed E-state index contributed by atoms with van der Waals surface area (Å²) in [6, 6.07) is 5.49. The maximum Gasteiger partial charge on any atom is 0.319 e. The van der Waals surface area contributed by atoms with Crippen LogP contribution in [0.3, 0.4) is 0 Å². The monoisotopic (exact) mass is 463 g/mol. The van der Waals surface area contributed by atoms with Gasteiger partial charge in [-0.05, 0) is 42.5 Å². The van der Waals surface area contributed by atoms with Crippen molar-refractivity contribution in [2.24, 2.45) is 0 Å². The Kier molecular flexibility index (Phi) is 6.73. The van der Waals surface area contributed by atoms with Gasteiger partial charge in [0.25, 0.3) is 0 Å². The average molecular weight is 464 g/mol. The second-order valence-electron chi connectivity index (χ2n) is 9.01. The lowest BCUT2D eigenvalue weighted by Gasteiger charge is -2.38. The van der Waals surface area contributed by atoms with Crippen molar-refractivity contribution in [2.75, 3.05) is 73.0 Å². The molecular formula is C22H33N5O4S. The second kappa shape index (κ2) is 9.36. The van der Waals surface area contributed by atoms with E-state index in [1.54, 1.807) is 34.9 Å². The summed E-state index contributed by atoms with van der Waals surface area (Å²) in [5.74, 6) is 0.0203. The van der Waals surface area contributed by atoms with Gasteiger partial charge in [-0.25, -0.2) is 13.2 Å². The molecule has 176 valence electrons. The minimum absolute atomic E-state index is 0.00308. The topological polar surface area (TPSA) is 84.5 Å².